The Morgan fingerprint density at radius 3 is 2.69 bits per heavy atom. The minimum Gasteiger partial charge on any atom is -0.357 e. The third kappa shape index (κ3) is 3.36. The van der Waals surface area contributed by atoms with Crippen molar-refractivity contribution in [2.75, 3.05) is 12.5 Å². The number of rotatable bonds is 4. The Morgan fingerprint density at radius 1 is 1.54 bits per heavy atom. The van der Waals surface area contributed by atoms with E-state index in [1.165, 1.54) is 0 Å². The lowest BCUT2D eigenvalue weighted by molar-refractivity contribution is 0.0211. The van der Waals surface area contributed by atoms with Gasteiger partial charge in [-0.3, -0.25) is 0 Å². The molecule has 1 rings (SSSR count). The molecule has 0 aliphatic heterocycles. The topological polar surface area (TPSA) is 39.9 Å². The maximum atomic E-state index is 5.39. The molecule has 13 heavy (non-hydrogen) atoms. The van der Waals surface area contributed by atoms with Crippen LogP contribution in [0.3, 0.4) is 0 Å². The van der Waals surface area contributed by atoms with Crippen LogP contribution in [0.2, 0.25) is 0 Å². The largest absolute Gasteiger partial charge is 0.357 e. The zero-order valence-electron chi connectivity index (χ0n) is 8.56. The van der Waals surface area contributed by atoms with Gasteiger partial charge in [-0.2, -0.15) is 0 Å². The average Bonchev–Trinajstić information content (AvgIpc) is 2.48. The Balaban J connectivity index is 2.49. The van der Waals surface area contributed by atoms with Gasteiger partial charge in [0.1, 0.15) is 11.8 Å². The van der Waals surface area contributed by atoms with E-state index in [-0.39, 0.29) is 17.0 Å². The molecular weight excluding hydrogens is 186 g/mol. The summed E-state index contributed by atoms with van der Waals surface area (Å²) in [6, 6.07) is 0. The lowest BCUT2D eigenvalue weighted by atomic mass is 10.5. The first kappa shape index (κ1) is 10.5. The zero-order chi connectivity index (χ0) is 9.84. The highest BCUT2D eigenvalue weighted by atomic mass is 32.2. The van der Waals surface area contributed by atoms with Gasteiger partial charge in [0.2, 0.25) is 0 Å². The Labute approximate surface area is 81.6 Å². The second kappa shape index (κ2) is 4.62. The Hall–Kier alpha value is -0.550. The number of aromatic nitrogens is 3. The molecule has 0 unspecified atom stereocenters. The number of nitrogens with zero attached hydrogens (tertiary/aromatic N) is 3. The first-order valence-corrected chi connectivity index (χ1v) is 6.52. The summed E-state index contributed by atoms with van der Waals surface area (Å²) < 4.78 is 7.12. The van der Waals surface area contributed by atoms with E-state index in [1.807, 2.05) is 20.0 Å². The molecule has 0 fully saturated rings. The Morgan fingerprint density at radius 2 is 2.23 bits per heavy atom. The van der Waals surface area contributed by atoms with Gasteiger partial charge in [-0.25, -0.2) is 15.6 Å². The number of thiol groups is 1. The first-order chi connectivity index (χ1) is 6.09. The molecule has 0 aromatic carbocycles. The molecule has 5 heteroatoms. The molecule has 0 spiro atoms. The summed E-state index contributed by atoms with van der Waals surface area (Å²) in [6.07, 6.45) is 6.51. The van der Waals surface area contributed by atoms with Crippen LogP contribution in [0, 0.1) is 0 Å². The van der Waals surface area contributed by atoms with Crippen molar-refractivity contribution in [2.45, 2.75) is 31.7 Å². The average molecular weight is 203 g/mol. The molecule has 1 aromatic heterocycles. The summed E-state index contributed by atoms with van der Waals surface area (Å²) in [5.41, 5.74) is 0. The van der Waals surface area contributed by atoms with Crippen molar-refractivity contribution in [2.24, 2.45) is 0 Å². The number of ether oxygens (including phenoxy) is 1. The van der Waals surface area contributed by atoms with Crippen molar-refractivity contribution in [1.82, 2.24) is 15.0 Å². The molecule has 0 radical (unpaired) electrons. The maximum absolute atomic E-state index is 5.39. The van der Waals surface area contributed by atoms with E-state index in [1.54, 1.807) is 4.68 Å². The second-order valence-corrected chi connectivity index (χ2v) is 5.60. The van der Waals surface area contributed by atoms with Gasteiger partial charge in [-0.15, -0.1) is 5.10 Å². The normalized spacial score (nSPS) is 12.2. The molecule has 0 saturated carbocycles. The van der Waals surface area contributed by atoms with E-state index >= 15 is 0 Å². The van der Waals surface area contributed by atoms with E-state index < -0.39 is 0 Å². The zero-order valence-corrected chi connectivity index (χ0v) is 9.45. The van der Waals surface area contributed by atoms with Crippen LogP contribution >= 0.6 is 10.9 Å². The molecular formula is C8H17N3OS. The Bertz CT molecular complexity index is 260. The van der Waals surface area contributed by atoms with Crippen LogP contribution in [-0.4, -0.2) is 33.6 Å². The molecule has 0 aliphatic rings. The highest BCUT2D eigenvalue weighted by Gasteiger charge is 2.02. The van der Waals surface area contributed by atoms with Crippen molar-refractivity contribution in [3.05, 3.63) is 6.20 Å². The van der Waals surface area contributed by atoms with E-state index in [9.17, 15) is 0 Å². The summed E-state index contributed by atoms with van der Waals surface area (Å²) in [6.45, 7) is 4.50. The molecule has 0 amide bonds. The smallest absolute Gasteiger partial charge is 0.141 e. The minimum atomic E-state index is -0.151. The fraction of sp³-hybridized carbons (Fsp3) is 0.750. The second-order valence-electron chi connectivity index (χ2n) is 3.36. The minimum absolute atomic E-state index is 0.151. The summed E-state index contributed by atoms with van der Waals surface area (Å²) >= 11 is 0. The quantitative estimate of drug-likeness (QED) is 0.749. The fourth-order valence-electron chi connectivity index (χ4n) is 0.782. The Kier molecular flexibility index (Phi) is 3.74. The van der Waals surface area contributed by atoms with Gasteiger partial charge in [0.25, 0.3) is 0 Å². The van der Waals surface area contributed by atoms with Crippen molar-refractivity contribution < 1.29 is 4.74 Å². The first-order valence-electron chi connectivity index (χ1n) is 4.28. The van der Waals surface area contributed by atoms with E-state index in [2.05, 4.69) is 22.8 Å². The van der Waals surface area contributed by atoms with Crippen molar-refractivity contribution in [1.29, 1.82) is 0 Å². The third-order valence-corrected chi connectivity index (χ3v) is 2.65. The molecule has 0 atom stereocenters. The van der Waals surface area contributed by atoms with E-state index in [0.29, 0.717) is 6.73 Å². The number of hydrogen-bond acceptors (Lipinski definition) is 3. The van der Waals surface area contributed by atoms with Crippen LogP contribution in [-0.2, 0) is 11.5 Å². The van der Waals surface area contributed by atoms with Gasteiger partial charge in [0.15, 0.2) is 0 Å². The highest BCUT2D eigenvalue weighted by Crippen LogP contribution is 2.24. The molecule has 0 saturated heterocycles. The maximum Gasteiger partial charge on any atom is 0.141 e. The summed E-state index contributed by atoms with van der Waals surface area (Å²) in [4.78, 5) is 0. The lowest BCUT2D eigenvalue weighted by Gasteiger charge is -2.06. The monoisotopic (exact) mass is 203 g/mol. The SMILES string of the molecule is CC(C)OCn1cc([SH](C)C)nn1. The van der Waals surface area contributed by atoms with Gasteiger partial charge in [0.05, 0.1) is 12.3 Å². The van der Waals surface area contributed by atoms with Crippen LogP contribution in [0.4, 0.5) is 0 Å². The van der Waals surface area contributed by atoms with Gasteiger partial charge < -0.3 is 4.74 Å². The van der Waals surface area contributed by atoms with Crippen molar-refractivity contribution >= 4 is 10.9 Å². The third-order valence-electron chi connectivity index (χ3n) is 1.52. The van der Waals surface area contributed by atoms with Crippen LogP contribution in [0.15, 0.2) is 11.2 Å². The van der Waals surface area contributed by atoms with Gasteiger partial charge in [-0.05, 0) is 26.4 Å². The van der Waals surface area contributed by atoms with Crippen molar-refractivity contribution in [3.63, 3.8) is 0 Å². The van der Waals surface area contributed by atoms with Crippen LogP contribution in [0.5, 0.6) is 0 Å². The van der Waals surface area contributed by atoms with Crippen molar-refractivity contribution in [3.8, 4) is 0 Å². The summed E-state index contributed by atoms with van der Waals surface area (Å²) in [7, 11) is -0.151. The molecule has 1 heterocycles. The standard InChI is InChI=1S/C8H17N3OS/c1-7(2)12-6-11-5-8(9-10-11)13(3)4/h5,7,13H,6H2,1-4H3. The predicted molar refractivity (Wildman–Crippen MR) is 55.3 cm³/mol. The van der Waals surface area contributed by atoms with E-state index in [0.717, 1.165) is 5.03 Å². The van der Waals surface area contributed by atoms with Crippen LogP contribution in [0.25, 0.3) is 0 Å². The molecule has 1 aromatic rings. The van der Waals surface area contributed by atoms with Crippen LogP contribution in [0.1, 0.15) is 13.8 Å². The molecule has 0 N–H and O–H groups in total. The van der Waals surface area contributed by atoms with Gasteiger partial charge in [-0.1, -0.05) is 5.21 Å². The molecule has 76 valence electrons. The number of hydrogen-bond donors (Lipinski definition) is 1. The molecule has 0 bridgehead atoms. The van der Waals surface area contributed by atoms with Gasteiger partial charge in [0, 0.05) is 0 Å². The predicted octanol–water partition coefficient (Wildman–Crippen LogP) is 1.28. The highest BCUT2D eigenvalue weighted by molar-refractivity contribution is 8.15. The molecule has 0 aliphatic carbocycles. The fourth-order valence-corrected chi connectivity index (χ4v) is 1.36. The summed E-state index contributed by atoms with van der Waals surface area (Å²) in [5.74, 6) is 0. The van der Waals surface area contributed by atoms with Gasteiger partial charge >= 0.3 is 0 Å². The molecule has 4 nitrogen and oxygen atoms in total. The summed E-state index contributed by atoms with van der Waals surface area (Å²) in [5, 5.41) is 9.09. The lowest BCUT2D eigenvalue weighted by Crippen LogP contribution is -2.08. The van der Waals surface area contributed by atoms with Crippen LogP contribution < -0.4 is 0 Å². The van der Waals surface area contributed by atoms with E-state index in [4.69, 9.17) is 4.74 Å².